The van der Waals surface area contributed by atoms with Gasteiger partial charge in [-0.05, 0) is 31.2 Å². The molecule has 0 saturated carbocycles. The fourth-order valence-corrected chi connectivity index (χ4v) is 4.20. The smallest absolute Gasteiger partial charge is 0.274 e. The Labute approximate surface area is 167 Å². The van der Waals surface area contributed by atoms with Gasteiger partial charge in [0.15, 0.2) is 0 Å². The Hall–Kier alpha value is -2.18. The first-order chi connectivity index (χ1) is 13.7. The summed E-state index contributed by atoms with van der Waals surface area (Å²) in [6.07, 6.45) is 8.13. The van der Waals surface area contributed by atoms with E-state index in [0.29, 0.717) is 11.8 Å². The molecule has 0 unspecified atom stereocenters. The number of carbonyl (C=O) groups excluding carboxylic acids is 1. The Bertz CT molecular complexity index is 760. The summed E-state index contributed by atoms with van der Waals surface area (Å²) < 4.78 is 8.20. The Morgan fingerprint density at radius 1 is 1.04 bits per heavy atom. The van der Waals surface area contributed by atoms with Gasteiger partial charge < -0.3 is 14.2 Å². The SMILES string of the molecule is Cn1cnc(C(=O)N2CCC(OC3CCN(Cc4ccccc4)CC3)CC2)c1. The van der Waals surface area contributed by atoms with E-state index in [-0.39, 0.29) is 12.0 Å². The highest BCUT2D eigenvalue weighted by Crippen LogP contribution is 2.22. The van der Waals surface area contributed by atoms with Crippen molar-refractivity contribution in [3.8, 4) is 0 Å². The van der Waals surface area contributed by atoms with E-state index in [0.717, 1.165) is 58.4 Å². The van der Waals surface area contributed by atoms with Crippen molar-refractivity contribution in [2.24, 2.45) is 7.05 Å². The zero-order chi connectivity index (χ0) is 19.3. The molecule has 2 fully saturated rings. The molecule has 2 saturated heterocycles. The summed E-state index contributed by atoms with van der Waals surface area (Å²) in [7, 11) is 1.88. The minimum absolute atomic E-state index is 0.0354. The Morgan fingerprint density at radius 2 is 1.68 bits per heavy atom. The maximum absolute atomic E-state index is 12.5. The fourth-order valence-electron chi connectivity index (χ4n) is 4.20. The standard InChI is InChI=1S/C22H30N4O2/c1-24-16-21(23-17-24)22(27)26-13-9-20(10-14-26)28-19-7-11-25(12-8-19)15-18-5-3-2-4-6-18/h2-6,16-17,19-20H,7-15H2,1H3. The number of imidazole rings is 1. The Morgan fingerprint density at radius 3 is 2.29 bits per heavy atom. The van der Waals surface area contributed by atoms with E-state index in [1.54, 1.807) is 12.5 Å². The highest BCUT2D eigenvalue weighted by atomic mass is 16.5. The van der Waals surface area contributed by atoms with E-state index in [9.17, 15) is 4.79 Å². The van der Waals surface area contributed by atoms with Crippen LogP contribution >= 0.6 is 0 Å². The van der Waals surface area contributed by atoms with Gasteiger partial charge in [-0.25, -0.2) is 4.98 Å². The van der Waals surface area contributed by atoms with Crippen molar-refractivity contribution in [3.63, 3.8) is 0 Å². The number of amides is 1. The summed E-state index contributed by atoms with van der Waals surface area (Å²) in [5.74, 6) is 0.0354. The molecule has 6 heteroatoms. The topological polar surface area (TPSA) is 50.6 Å². The van der Waals surface area contributed by atoms with Gasteiger partial charge in [0.25, 0.3) is 5.91 Å². The molecule has 0 atom stereocenters. The first-order valence-corrected chi connectivity index (χ1v) is 10.4. The maximum Gasteiger partial charge on any atom is 0.274 e. The molecule has 0 spiro atoms. The molecule has 6 nitrogen and oxygen atoms in total. The third kappa shape index (κ3) is 4.80. The molecule has 0 radical (unpaired) electrons. The number of aryl methyl sites for hydroxylation is 1. The van der Waals surface area contributed by atoms with Crippen LogP contribution < -0.4 is 0 Å². The first-order valence-electron chi connectivity index (χ1n) is 10.4. The van der Waals surface area contributed by atoms with Gasteiger partial charge in [0.2, 0.25) is 0 Å². The molecule has 150 valence electrons. The second kappa shape index (κ2) is 8.88. The summed E-state index contributed by atoms with van der Waals surface area (Å²) in [5, 5.41) is 0. The van der Waals surface area contributed by atoms with E-state index in [4.69, 9.17) is 4.74 Å². The van der Waals surface area contributed by atoms with Crippen molar-refractivity contribution >= 4 is 5.91 Å². The highest BCUT2D eigenvalue weighted by Gasteiger charge is 2.28. The van der Waals surface area contributed by atoms with Crippen LogP contribution in [0.2, 0.25) is 0 Å². The third-order valence-corrected chi connectivity index (χ3v) is 5.82. The summed E-state index contributed by atoms with van der Waals surface area (Å²) in [4.78, 5) is 21.1. The van der Waals surface area contributed by atoms with Crippen LogP contribution in [0.25, 0.3) is 0 Å². The Balaban J connectivity index is 1.18. The van der Waals surface area contributed by atoms with Gasteiger partial charge >= 0.3 is 0 Å². The van der Waals surface area contributed by atoms with Gasteiger partial charge in [-0.2, -0.15) is 0 Å². The van der Waals surface area contributed by atoms with Gasteiger partial charge in [-0.1, -0.05) is 30.3 Å². The fraction of sp³-hybridized carbons (Fsp3) is 0.545. The number of hydrogen-bond acceptors (Lipinski definition) is 4. The number of piperidine rings is 2. The molecule has 2 aromatic rings. The molecule has 1 aromatic heterocycles. The Kier molecular flexibility index (Phi) is 6.07. The monoisotopic (exact) mass is 382 g/mol. The van der Waals surface area contributed by atoms with E-state index in [1.807, 2.05) is 16.5 Å². The molecule has 3 heterocycles. The van der Waals surface area contributed by atoms with Crippen LogP contribution in [0.3, 0.4) is 0 Å². The highest BCUT2D eigenvalue weighted by molar-refractivity contribution is 5.92. The van der Waals surface area contributed by atoms with E-state index >= 15 is 0 Å². The van der Waals surface area contributed by atoms with Crippen molar-refractivity contribution in [2.75, 3.05) is 26.2 Å². The largest absolute Gasteiger partial charge is 0.375 e. The minimum atomic E-state index is 0.0354. The van der Waals surface area contributed by atoms with Crippen LogP contribution in [-0.2, 0) is 18.3 Å². The zero-order valence-corrected chi connectivity index (χ0v) is 16.7. The number of likely N-dealkylation sites (tertiary alicyclic amines) is 2. The van der Waals surface area contributed by atoms with Crippen molar-refractivity contribution < 1.29 is 9.53 Å². The predicted octanol–water partition coefficient (Wildman–Crippen LogP) is 2.71. The van der Waals surface area contributed by atoms with Crippen molar-refractivity contribution in [2.45, 2.75) is 44.4 Å². The van der Waals surface area contributed by atoms with Gasteiger partial charge in [0.05, 0.1) is 18.5 Å². The van der Waals surface area contributed by atoms with Crippen LogP contribution in [0.5, 0.6) is 0 Å². The molecule has 28 heavy (non-hydrogen) atoms. The van der Waals surface area contributed by atoms with Crippen molar-refractivity contribution in [1.82, 2.24) is 19.4 Å². The van der Waals surface area contributed by atoms with Gasteiger partial charge in [0.1, 0.15) is 5.69 Å². The van der Waals surface area contributed by atoms with Crippen LogP contribution in [0, 0.1) is 0 Å². The number of ether oxygens (including phenoxy) is 1. The average Bonchev–Trinajstić information content (AvgIpc) is 3.17. The predicted molar refractivity (Wildman–Crippen MR) is 108 cm³/mol. The first kappa shape index (κ1) is 19.2. The molecule has 2 aliphatic rings. The molecule has 2 aliphatic heterocycles. The number of rotatable bonds is 5. The van der Waals surface area contributed by atoms with Gasteiger partial charge in [-0.15, -0.1) is 0 Å². The number of nitrogens with zero attached hydrogens (tertiary/aromatic N) is 4. The summed E-state index contributed by atoms with van der Waals surface area (Å²) >= 11 is 0. The number of aromatic nitrogens is 2. The summed E-state index contributed by atoms with van der Waals surface area (Å²) in [6.45, 7) is 4.73. The lowest BCUT2D eigenvalue weighted by molar-refractivity contribution is -0.0629. The van der Waals surface area contributed by atoms with Crippen molar-refractivity contribution in [3.05, 3.63) is 54.1 Å². The lowest BCUT2D eigenvalue weighted by atomic mass is 10.0. The maximum atomic E-state index is 12.5. The van der Waals surface area contributed by atoms with E-state index in [2.05, 4.69) is 40.2 Å². The van der Waals surface area contributed by atoms with Crippen LogP contribution in [-0.4, -0.2) is 63.6 Å². The molecule has 4 rings (SSSR count). The molecule has 0 bridgehead atoms. The summed E-state index contributed by atoms with van der Waals surface area (Å²) in [6, 6.07) is 10.7. The summed E-state index contributed by atoms with van der Waals surface area (Å²) in [5.41, 5.74) is 1.92. The molecular formula is C22H30N4O2. The number of carbonyl (C=O) groups is 1. The molecule has 0 aliphatic carbocycles. The zero-order valence-electron chi connectivity index (χ0n) is 16.7. The van der Waals surface area contributed by atoms with Gasteiger partial charge in [0, 0.05) is 46.0 Å². The van der Waals surface area contributed by atoms with Gasteiger partial charge in [-0.3, -0.25) is 9.69 Å². The normalized spacial score (nSPS) is 19.8. The second-order valence-electron chi connectivity index (χ2n) is 8.01. The van der Waals surface area contributed by atoms with E-state index in [1.165, 1.54) is 5.56 Å². The minimum Gasteiger partial charge on any atom is -0.375 e. The molecule has 1 amide bonds. The third-order valence-electron chi connectivity index (χ3n) is 5.82. The molecular weight excluding hydrogens is 352 g/mol. The average molecular weight is 383 g/mol. The van der Waals surface area contributed by atoms with Crippen LogP contribution in [0.15, 0.2) is 42.9 Å². The lowest BCUT2D eigenvalue weighted by Gasteiger charge is -2.37. The van der Waals surface area contributed by atoms with Crippen molar-refractivity contribution in [1.29, 1.82) is 0 Å². The molecule has 1 aromatic carbocycles. The number of benzene rings is 1. The van der Waals surface area contributed by atoms with E-state index < -0.39 is 0 Å². The van der Waals surface area contributed by atoms with Crippen LogP contribution in [0.4, 0.5) is 0 Å². The quantitative estimate of drug-likeness (QED) is 0.798. The molecule has 0 N–H and O–H groups in total. The second-order valence-corrected chi connectivity index (χ2v) is 8.01. The lowest BCUT2D eigenvalue weighted by Crippen LogP contribution is -2.43. The number of hydrogen-bond donors (Lipinski definition) is 0. The van der Waals surface area contributed by atoms with Crippen LogP contribution in [0.1, 0.15) is 41.7 Å².